The third kappa shape index (κ3) is 4.72. The molecule has 4 aromatic rings. The number of aromatic amines is 1. The van der Waals surface area contributed by atoms with Crippen molar-refractivity contribution in [2.75, 3.05) is 12.5 Å². The SMILES string of the molecule is Cc1ncc(Cl)c([C@H](C)Oc2ccc3[nH]nc(-c4ccc(N=S(C)(C)=O)nc4)c3c2)c1Cl. The molecule has 7 nitrogen and oxygen atoms in total. The quantitative estimate of drug-likeness (QED) is 0.363. The number of nitrogens with zero attached hydrogens (tertiary/aromatic N) is 4. The Morgan fingerprint density at radius 1 is 1.12 bits per heavy atom. The Kier molecular flexibility index (Phi) is 6.11. The highest BCUT2D eigenvalue weighted by Crippen LogP contribution is 2.36. The van der Waals surface area contributed by atoms with E-state index in [1.54, 1.807) is 31.0 Å². The monoisotopic (exact) mass is 489 g/mol. The first-order valence-electron chi connectivity index (χ1n) is 9.71. The van der Waals surface area contributed by atoms with E-state index in [9.17, 15) is 4.21 Å². The molecule has 1 atom stereocenters. The Bertz CT molecular complexity index is 1420. The number of aromatic nitrogens is 4. The molecule has 0 aliphatic carbocycles. The number of pyridine rings is 2. The molecule has 166 valence electrons. The van der Waals surface area contributed by atoms with Gasteiger partial charge in [-0.3, -0.25) is 10.1 Å². The van der Waals surface area contributed by atoms with E-state index in [-0.39, 0.29) is 6.10 Å². The first-order valence-corrected chi connectivity index (χ1v) is 12.8. The van der Waals surface area contributed by atoms with Crippen LogP contribution in [0.3, 0.4) is 0 Å². The summed E-state index contributed by atoms with van der Waals surface area (Å²) in [7, 11) is -2.28. The number of halogens is 2. The second kappa shape index (κ2) is 8.69. The largest absolute Gasteiger partial charge is 0.486 e. The van der Waals surface area contributed by atoms with Gasteiger partial charge in [0.15, 0.2) is 5.82 Å². The van der Waals surface area contributed by atoms with E-state index in [0.29, 0.717) is 32.9 Å². The number of H-pyrrole nitrogens is 1. The average Bonchev–Trinajstić information content (AvgIpc) is 3.14. The first-order chi connectivity index (χ1) is 15.1. The van der Waals surface area contributed by atoms with Crippen LogP contribution in [0.5, 0.6) is 5.75 Å². The Morgan fingerprint density at radius 3 is 2.59 bits per heavy atom. The van der Waals surface area contributed by atoms with Gasteiger partial charge in [-0.05, 0) is 44.2 Å². The minimum absolute atomic E-state index is 0.384. The topological polar surface area (TPSA) is 93.1 Å². The van der Waals surface area contributed by atoms with Crippen molar-refractivity contribution in [1.29, 1.82) is 0 Å². The number of benzene rings is 1. The van der Waals surface area contributed by atoms with E-state index in [2.05, 4.69) is 24.5 Å². The van der Waals surface area contributed by atoms with Crippen LogP contribution >= 0.6 is 23.2 Å². The lowest BCUT2D eigenvalue weighted by Gasteiger charge is -2.18. The van der Waals surface area contributed by atoms with Gasteiger partial charge in [-0.15, -0.1) is 0 Å². The minimum Gasteiger partial charge on any atom is -0.486 e. The lowest BCUT2D eigenvalue weighted by atomic mass is 10.1. The van der Waals surface area contributed by atoms with Gasteiger partial charge in [0, 0.05) is 51.1 Å². The van der Waals surface area contributed by atoms with Crippen LogP contribution in [0.2, 0.25) is 10.0 Å². The molecular weight excluding hydrogens is 469 g/mol. The highest BCUT2D eigenvalue weighted by Gasteiger charge is 2.19. The number of fused-ring (bicyclic) bond motifs is 1. The van der Waals surface area contributed by atoms with Gasteiger partial charge in [-0.2, -0.15) is 9.46 Å². The van der Waals surface area contributed by atoms with E-state index < -0.39 is 9.73 Å². The van der Waals surface area contributed by atoms with Crippen LogP contribution < -0.4 is 4.74 Å². The van der Waals surface area contributed by atoms with Crippen LogP contribution in [0.15, 0.2) is 47.1 Å². The normalized spacial score (nSPS) is 12.7. The number of rotatable bonds is 5. The van der Waals surface area contributed by atoms with Crippen molar-refractivity contribution in [3.05, 3.63) is 64.0 Å². The summed E-state index contributed by atoms with van der Waals surface area (Å²) in [6.07, 6.45) is 5.99. The van der Waals surface area contributed by atoms with Gasteiger partial charge < -0.3 is 4.74 Å². The predicted octanol–water partition coefficient (Wildman–Crippen LogP) is 6.13. The average molecular weight is 490 g/mol. The van der Waals surface area contributed by atoms with Gasteiger partial charge in [0.05, 0.1) is 21.3 Å². The maximum absolute atomic E-state index is 11.9. The smallest absolute Gasteiger partial charge is 0.161 e. The summed E-state index contributed by atoms with van der Waals surface area (Å²) in [5, 5.41) is 9.28. The van der Waals surface area contributed by atoms with Gasteiger partial charge in [0.2, 0.25) is 0 Å². The van der Waals surface area contributed by atoms with Gasteiger partial charge in [-0.1, -0.05) is 23.2 Å². The molecule has 0 saturated carbocycles. The molecule has 10 heteroatoms. The van der Waals surface area contributed by atoms with E-state index in [1.807, 2.05) is 38.1 Å². The fraction of sp³-hybridized carbons (Fsp3) is 0.227. The van der Waals surface area contributed by atoms with Crippen molar-refractivity contribution >= 4 is 49.7 Å². The number of hydrogen-bond acceptors (Lipinski definition) is 6. The Morgan fingerprint density at radius 2 is 1.91 bits per heavy atom. The van der Waals surface area contributed by atoms with E-state index in [4.69, 9.17) is 27.9 Å². The summed E-state index contributed by atoms with van der Waals surface area (Å²) in [6.45, 7) is 3.71. The Labute approximate surface area is 196 Å². The van der Waals surface area contributed by atoms with Gasteiger partial charge >= 0.3 is 0 Å². The van der Waals surface area contributed by atoms with Crippen LogP contribution in [-0.4, -0.2) is 36.9 Å². The van der Waals surface area contributed by atoms with Gasteiger partial charge in [0.25, 0.3) is 0 Å². The third-order valence-corrected chi connectivity index (χ3v) is 6.18. The molecule has 0 amide bonds. The van der Waals surface area contributed by atoms with Crippen LogP contribution in [0.4, 0.5) is 5.82 Å². The Hall–Kier alpha value is -2.68. The maximum Gasteiger partial charge on any atom is 0.161 e. The molecule has 4 rings (SSSR count). The zero-order valence-corrected chi connectivity index (χ0v) is 20.2. The van der Waals surface area contributed by atoms with Gasteiger partial charge in [0.1, 0.15) is 17.5 Å². The summed E-state index contributed by atoms with van der Waals surface area (Å²) >= 11 is 12.7. The second-order valence-corrected chi connectivity index (χ2v) is 11.0. The lowest BCUT2D eigenvalue weighted by molar-refractivity contribution is 0.227. The Balaban J connectivity index is 1.67. The summed E-state index contributed by atoms with van der Waals surface area (Å²) in [6, 6.07) is 9.23. The third-order valence-electron chi connectivity index (χ3n) is 4.77. The first kappa shape index (κ1) is 22.5. The number of nitrogens with one attached hydrogen (secondary N) is 1. The molecule has 0 aliphatic rings. The molecule has 0 saturated heterocycles. The maximum atomic E-state index is 11.9. The molecule has 0 unspecified atom stereocenters. The van der Waals surface area contributed by atoms with Crippen molar-refractivity contribution < 1.29 is 8.95 Å². The van der Waals surface area contributed by atoms with Crippen molar-refractivity contribution in [3.8, 4) is 17.0 Å². The van der Waals surface area contributed by atoms with Crippen LogP contribution in [-0.2, 0) is 9.73 Å². The fourth-order valence-electron chi connectivity index (χ4n) is 3.31. The summed E-state index contributed by atoms with van der Waals surface area (Å²) in [4.78, 5) is 8.47. The zero-order valence-electron chi connectivity index (χ0n) is 17.9. The van der Waals surface area contributed by atoms with E-state index in [1.165, 1.54) is 0 Å². The highest BCUT2D eigenvalue weighted by atomic mass is 35.5. The second-order valence-electron chi connectivity index (χ2n) is 7.64. The molecule has 0 spiro atoms. The van der Waals surface area contributed by atoms with Crippen molar-refractivity contribution in [1.82, 2.24) is 20.2 Å². The predicted molar refractivity (Wildman–Crippen MR) is 129 cm³/mol. The molecule has 1 N–H and O–H groups in total. The van der Waals surface area contributed by atoms with Crippen LogP contribution in [0.25, 0.3) is 22.2 Å². The van der Waals surface area contributed by atoms with Crippen LogP contribution in [0, 0.1) is 6.92 Å². The summed E-state index contributed by atoms with van der Waals surface area (Å²) < 4.78 is 22.1. The zero-order chi connectivity index (χ0) is 23.0. The molecule has 0 radical (unpaired) electrons. The fourth-order valence-corrected chi connectivity index (χ4v) is 4.52. The molecule has 1 aromatic carbocycles. The molecule has 32 heavy (non-hydrogen) atoms. The van der Waals surface area contributed by atoms with Gasteiger partial charge in [-0.25, -0.2) is 9.19 Å². The number of hydrogen-bond donors (Lipinski definition) is 1. The number of aryl methyl sites for hydroxylation is 1. The van der Waals surface area contributed by atoms with Crippen molar-refractivity contribution in [2.45, 2.75) is 20.0 Å². The molecule has 3 aromatic heterocycles. The molecule has 0 fully saturated rings. The highest BCUT2D eigenvalue weighted by molar-refractivity contribution is 7.92. The number of ether oxygens (including phenoxy) is 1. The summed E-state index contributed by atoms with van der Waals surface area (Å²) in [5.74, 6) is 1.06. The van der Waals surface area contributed by atoms with E-state index in [0.717, 1.165) is 22.2 Å². The van der Waals surface area contributed by atoms with Crippen LogP contribution in [0.1, 0.15) is 24.3 Å². The molecule has 3 heterocycles. The standard InChI is InChI=1S/C22H21Cl2N5O2S/c1-12-21(24)20(17(23)11-25-12)13(2)31-15-6-7-18-16(9-15)22(28-27-18)14-5-8-19(26-10-14)29-32(3,4)30/h5-11,13H,1-4H3,(H,27,28)/t13-/m0/s1. The lowest BCUT2D eigenvalue weighted by Crippen LogP contribution is -2.06. The molecule has 0 aliphatic heterocycles. The molecular formula is C22H21Cl2N5O2S. The van der Waals surface area contributed by atoms with Crippen molar-refractivity contribution in [3.63, 3.8) is 0 Å². The van der Waals surface area contributed by atoms with E-state index >= 15 is 0 Å². The van der Waals surface area contributed by atoms with Crippen molar-refractivity contribution in [2.24, 2.45) is 4.36 Å². The summed E-state index contributed by atoms with van der Waals surface area (Å²) in [5.41, 5.74) is 3.77. The minimum atomic E-state index is -2.28. The molecule has 0 bridgehead atoms.